The van der Waals surface area contributed by atoms with E-state index in [1.165, 1.54) is 0 Å². The maximum atomic E-state index is 13.6. The van der Waals surface area contributed by atoms with E-state index in [1.807, 2.05) is 41.3 Å². The van der Waals surface area contributed by atoms with Gasteiger partial charge in [0.1, 0.15) is 5.75 Å². The van der Waals surface area contributed by atoms with Crippen LogP contribution in [-0.2, 0) is 9.53 Å². The Kier molecular flexibility index (Phi) is 9.22. The van der Waals surface area contributed by atoms with Crippen LogP contribution in [0.4, 0.5) is 5.82 Å². The van der Waals surface area contributed by atoms with Crippen molar-refractivity contribution in [2.24, 2.45) is 11.3 Å². The lowest BCUT2D eigenvalue weighted by molar-refractivity contribution is -0.135. The molecule has 1 atom stereocenters. The van der Waals surface area contributed by atoms with E-state index in [0.717, 1.165) is 103 Å². The minimum Gasteiger partial charge on any atom is -0.492 e. The quantitative estimate of drug-likeness (QED) is 0.530. The number of carbonyl (C=O) groups excluding carboxylic acids is 2. The third-order valence-corrected chi connectivity index (χ3v) is 9.98. The summed E-state index contributed by atoms with van der Waals surface area (Å²) in [6.07, 6.45) is 11.3. The number of para-hydroxylation sites is 1. The maximum Gasteiger partial charge on any atom is 0.257 e. The number of amides is 2. The van der Waals surface area contributed by atoms with Crippen LogP contribution in [0.1, 0.15) is 74.6 Å². The molecule has 3 saturated heterocycles. The van der Waals surface area contributed by atoms with E-state index in [0.29, 0.717) is 36.9 Å². The van der Waals surface area contributed by atoms with Gasteiger partial charge in [-0.2, -0.15) is 5.10 Å². The zero-order chi connectivity index (χ0) is 28.8. The SMILES string of the molecule is O=C(CC1CCN(c2cccnn2)CC1)N1CCC2(CCCCOC[C@@H]3CCCN3C(=O)c3ccccc3OC2)CC1. The molecule has 2 amide bonds. The number of ether oxygens (including phenoxy) is 2. The van der Waals surface area contributed by atoms with Gasteiger partial charge in [-0.15, -0.1) is 5.10 Å². The average molecular weight is 576 g/mol. The Morgan fingerprint density at radius 1 is 0.929 bits per heavy atom. The molecule has 1 aromatic carbocycles. The molecule has 0 radical (unpaired) electrons. The molecule has 226 valence electrons. The Bertz CT molecular complexity index is 1190. The van der Waals surface area contributed by atoms with E-state index in [1.54, 1.807) is 6.20 Å². The predicted octanol–water partition coefficient (Wildman–Crippen LogP) is 4.58. The molecule has 0 aliphatic carbocycles. The molecule has 42 heavy (non-hydrogen) atoms. The molecule has 5 heterocycles. The Hall–Kier alpha value is -3.20. The van der Waals surface area contributed by atoms with Crippen LogP contribution < -0.4 is 9.64 Å². The number of nitrogens with zero attached hydrogens (tertiary/aromatic N) is 5. The lowest BCUT2D eigenvalue weighted by atomic mass is 9.75. The van der Waals surface area contributed by atoms with Crippen molar-refractivity contribution in [3.05, 3.63) is 48.2 Å². The van der Waals surface area contributed by atoms with Gasteiger partial charge in [-0.05, 0) is 81.5 Å². The van der Waals surface area contributed by atoms with Crippen LogP contribution in [0.25, 0.3) is 0 Å². The highest BCUT2D eigenvalue weighted by molar-refractivity contribution is 5.97. The summed E-state index contributed by atoms with van der Waals surface area (Å²) in [6, 6.07) is 11.8. The first-order chi connectivity index (χ1) is 20.6. The van der Waals surface area contributed by atoms with Gasteiger partial charge in [-0.1, -0.05) is 18.6 Å². The molecular formula is C33H45N5O4. The highest BCUT2D eigenvalue weighted by Gasteiger charge is 2.38. The van der Waals surface area contributed by atoms with Crippen LogP contribution in [0, 0.1) is 11.3 Å². The molecule has 0 bridgehead atoms. The topological polar surface area (TPSA) is 88.1 Å². The van der Waals surface area contributed by atoms with Crippen molar-refractivity contribution in [3.63, 3.8) is 0 Å². The highest BCUT2D eigenvalue weighted by atomic mass is 16.5. The number of piperidine rings is 2. The molecule has 1 spiro atoms. The van der Waals surface area contributed by atoms with Crippen LogP contribution in [0.3, 0.4) is 0 Å². The molecule has 9 nitrogen and oxygen atoms in total. The van der Waals surface area contributed by atoms with Crippen molar-refractivity contribution in [2.45, 2.75) is 70.3 Å². The number of carbonyl (C=O) groups is 2. The lowest BCUT2D eigenvalue weighted by Gasteiger charge is -2.42. The van der Waals surface area contributed by atoms with E-state index in [4.69, 9.17) is 9.47 Å². The second-order valence-corrected chi connectivity index (χ2v) is 12.7. The Labute approximate surface area is 249 Å². The monoisotopic (exact) mass is 575 g/mol. The van der Waals surface area contributed by atoms with E-state index in [2.05, 4.69) is 20.0 Å². The number of likely N-dealkylation sites (tertiary alicyclic amines) is 1. The number of aromatic nitrogens is 2. The molecule has 1 aromatic heterocycles. The largest absolute Gasteiger partial charge is 0.492 e. The standard InChI is InChI=1S/C33H45N5O4/c39-31(23-26-11-18-36(19-12-26)30-10-5-16-34-35-30)37-20-14-33(15-21-37)13-3-4-22-41-24-27-7-6-17-38(27)32(40)28-8-1-2-9-29(28)42-25-33/h1-2,5,8-10,16,26-27H,3-4,6-7,11-15,17-25H2/t27-/m0/s1. The van der Waals surface area contributed by atoms with Gasteiger partial charge in [0.2, 0.25) is 5.91 Å². The van der Waals surface area contributed by atoms with Gasteiger partial charge in [-0.25, -0.2) is 0 Å². The first kappa shape index (κ1) is 28.9. The smallest absolute Gasteiger partial charge is 0.257 e. The van der Waals surface area contributed by atoms with Crippen LogP contribution >= 0.6 is 0 Å². The highest BCUT2D eigenvalue weighted by Crippen LogP contribution is 2.39. The fourth-order valence-corrected chi connectivity index (χ4v) is 7.26. The number of fused-ring (bicyclic) bond motifs is 2. The van der Waals surface area contributed by atoms with Crippen molar-refractivity contribution in [3.8, 4) is 5.75 Å². The number of anilines is 1. The summed E-state index contributed by atoms with van der Waals surface area (Å²) in [6.45, 7) is 6.07. The summed E-state index contributed by atoms with van der Waals surface area (Å²) in [7, 11) is 0. The molecule has 3 fully saturated rings. The first-order valence-electron chi connectivity index (χ1n) is 16.0. The zero-order valence-corrected chi connectivity index (χ0v) is 24.8. The number of hydrogen-bond acceptors (Lipinski definition) is 7. The summed E-state index contributed by atoms with van der Waals surface area (Å²) in [4.78, 5) is 33.3. The summed E-state index contributed by atoms with van der Waals surface area (Å²) >= 11 is 0. The van der Waals surface area contributed by atoms with Crippen molar-refractivity contribution < 1.29 is 19.1 Å². The third kappa shape index (κ3) is 6.72. The number of hydrogen-bond donors (Lipinski definition) is 0. The van der Waals surface area contributed by atoms with Crippen LogP contribution in [0.2, 0.25) is 0 Å². The summed E-state index contributed by atoms with van der Waals surface area (Å²) in [5, 5.41) is 8.24. The molecule has 0 unspecified atom stereocenters. The Morgan fingerprint density at radius 3 is 2.57 bits per heavy atom. The van der Waals surface area contributed by atoms with Crippen molar-refractivity contribution in [1.29, 1.82) is 0 Å². The van der Waals surface area contributed by atoms with Gasteiger partial charge in [-0.3, -0.25) is 9.59 Å². The molecule has 6 rings (SSSR count). The Balaban J connectivity index is 1.06. The second kappa shape index (κ2) is 13.4. The number of rotatable bonds is 3. The summed E-state index contributed by atoms with van der Waals surface area (Å²) < 4.78 is 12.6. The molecule has 9 heteroatoms. The van der Waals surface area contributed by atoms with E-state index in [-0.39, 0.29) is 23.3 Å². The molecule has 0 saturated carbocycles. The number of benzene rings is 1. The van der Waals surface area contributed by atoms with Gasteiger partial charge < -0.3 is 24.2 Å². The average Bonchev–Trinajstić information content (AvgIpc) is 3.51. The van der Waals surface area contributed by atoms with Gasteiger partial charge in [0.15, 0.2) is 5.82 Å². The van der Waals surface area contributed by atoms with Crippen LogP contribution in [0.15, 0.2) is 42.6 Å². The molecule has 4 aliphatic rings. The van der Waals surface area contributed by atoms with E-state index in [9.17, 15) is 9.59 Å². The first-order valence-corrected chi connectivity index (χ1v) is 16.0. The molecule has 4 aliphatic heterocycles. The van der Waals surface area contributed by atoms with Crippen LogP contribution in [0.5, 0.6) is 5.75 Å². The van der Waals surface area contributed by atoms with Crippen molar-refractivity contribution in [1.82, 2.24) is 20.0 Å². The second-order valence-electron chi connectivity index (χ2n) is 12.7. The van der Waals surface area contributed by atoms with Crippen molar-refractivity contribution >= 4 is 17.6 Å². The van der Waals surface area contributed by atoms with Gasteiger partial charge in [0.25, 0.3) is 5.91 Å². The fraction of sp³-hybridized carbons (Fsp3) is 0.636. The van der Waals surface area contributed by atoms with Gasteiger partial charge in [0.05, 0.1) is 24.8 Å². The molecule has 2 aromatic rings. The Morgan fingerprint density at radius 2 is 1.76 bits per heavy atom. The van der Waals surface area contributed by atoms with Gasteiger partial charge >= 0.3 is 0 Å². The molecular weight excluding hydrogens is 530 g/mol. The minimum atomic E-state index is -0.00467. The maximum absolute atomic E-state index is 13.6. The van der Waals surface area contributed by atoms with Crippen LogP contribution in [-0.4, -0.2) is 90.4 Å². The fourth-order valence-electron chi connectivity index (χ4n) is 7.26. The lowest BCUT2D eigenvalue weighted by Crippen LogP contribution is -2.46. The van der Waals surface area contributed by atoms with Crippen molar-refractivity contribution in [2.75, 3.05) is 57.4 Å². The van der Waals surface area contributed by atoms with E-state index >= 15 is 0 Å². The normalized spacial score (nSPS) is 24.0. The minimum absolute atomic E-state index is 0.00467. The van der Waals surface area contributed by atoms with Gasteiger partial charge in [0, 0.05) is 57.4 Å². The summed E-state index contributed by atoms with van der Waals surface area (Å²) in [5.74, 6) is 2.35. The summed E-state index contributed by atoms with van der Waals surface area (Å²) in [5.41, 5.74) is 0.643. The predicted molar refractivity (Wildman–Crippen MR) is 160 cm³/mol. The van der Waals surface area contributed by atoms with E-state index < -0.39 is 0 Å². The molecule has 0 N–H and O–H groups in total. The zero-order valence-electron chi connectivity index (χ0n) is 24.8. The third-order valence-electron chi connectivity index (χ3n) is 9.98.